The van der Waals surface area contributed by atoms with Crippen LogP contribution in [0.15, 0.2) is 60.0 Å². The van der Waals surface area contributed by atoms with Crippen LogP contribution in [-0.4, -0.2) is 91.0 Å². The average Bonchev–Trinajstić information content (AvgIpc) is 3.59. The van der Waals surface area contributed by atoms with E-state index >= 15 is 0 Å². The average molecular weight is 823 g/mol. The lowest BCUT2D eigenvalue weighted by Gasteiger charge is -2.30. The number of ether oxygens (including phenoxy) is 2. The summed E-state index contributed by atoms with van der Waals surface area (Å²) in [5.74, 6) is -3.41. The maximum atomic E-state index is 14.6. The first kappa shape index (κ1) is 41.0. The summed E-state index contributed by atoms with van der Waals surface area (Å²) in [6, 6.07) is 8.49. The molecule has 0 radical (unpaired) electrons. The van der Waals surface area contributed by atoms with E-state index in [9.17, 15) is 36.8 Å². The fourth-order valence-electron chi connectivity index (χ4n) is 8.57. The molecule has 4 N–H and O–H groups in total. The van der Waals surface area contributed by atoms with Crippen molar-refractivity contribution in [2.45, 2.75) is 125 Å². The van der Waals surface area contributed by atoms with Crippen LogP contribution < -0.4 is 20.7 Å². The Morgan fingerprint density at radius 3 is 2.41 bits per heavy atom. The van der Waals surface area contributed by atoms with Gasteiger partial charge in [0.2, 0.25) is 11.8 Å². The molecule has 1 saturated heterocycles. The van der Waals surface area contributed by atoms with E-state index in [0.29, 0.717) is 29.8 Å². The highest BCUT2D eigenvalue weighted by molar-refractivity contribution is 7.90. The van der Waals surface area contributed by atoms with Crippen LogP contribution >= 0.6 is 0 Å². The van der Waals surface area contributed by atoms with Gasteiger partial charge in [0, 0.05) is 31.0 Å². The van der Waals surface area contributed by atoms with Gasteiger partial charge in [-0.2, -0.15) is 0 Å². The van der Waals surface area contributed by atoms with Crippen LogP contribution in [0.2, 0.25) is 0 Å². The van der Waals surface area contributed by atoms with Gasteiger partial charge in [0.05, 0.1) is 18.8 Å². The second kappa shape index (κ2) is 17.3. The number of alkyl carbamates (subject to hydrolysis) is 1. The molecule has 2 aliphatic carbocycles. The minimum Gasteiger partial charge on any atom is -0.446 e. The van der Waals surface area contributed by atoms with E-state index in [1.807, 2.05) is 0 Å². The van der Waals surface area contributed by atoms with Gasteiger partial charge in [0.25, 0.3) is 15.9 Å². The Hall–Kier alpha value is -5.19. The molecule has 0 unspecified atom stereocenters. The number of anilines is 1. The minimum absolute atomic E-state index is 0.0146. The van der Waals surface area contributed by atoms with Crippen LogP contribution in [0.3, 0.4) is 0 Å². The Morgan fingerprint density at radius 1 is 0.914 bits per heavy atom. The Labute approximate surface area is 337 Å². The summed E-state index contributed by atoms with van der Waals surface area (Å²) in [6.45, 7) is 4.14. The van der Waals surface area contributed by atoms with Gasteiger partial charge in [-0.25, -0.2) is 27.1 Å². The van der Waals surface area contributed by atoms with Crippen LogP contribution in [0.25, 0.3) is 0 Å². The summed E-state index contributed by atoms with van der Waals surface area (Å²) in [7, 11) is -4.42. The standard InChI is InChI=1S/C41H51FN6O9S/c1-2-27-22-41(27)38(51)46-58(54,55)35-19-10-9-17-32(35)43-20-11-5-3-4-6-18-33(44-39(52)56-28-14-7-8-15-28)37(50)48-24-29(21-34(48)36(49)45-41)57-40(53)47-23-26-13-12-16-31(42)30(26)25-47/h2,9-10,12-13,16-17,19,27-29,33-34,43H,1,3-8,11,14-15,18,20-25H2,(H,44,52)(H,45,49)(H,46,51)/t27-,29-,33+,34+,41-/m1/s1. The van der Waals surface area contributed by atoms with Crippen molar-refractivity contribution in [3.05, 3.63) is 72.1 Å². The summed E-state index contributed by atoms with van der Waals surface area (Å²) in [5.41, 5.74) is -0.351. The van der Waals surface area contributed by atoms with Crippen molar-refractivity contribution in [3.8, 4) is 0 Å². The molecule has 17 heteroatoms. The number of amides is 5. The van der Waals surface area contributed by atoms with E-state index in [1.54, 1.807) is 30.3 Å². The molecule has 3 heterocycles. The van der Waals surface area contributed by atoms with Crippen LogP contribution in [0.1, 0.15) is 88.2 Å². The molecule has 0 aromatic heterocycles. The van der Waals surface area contributed by atoms with Crippen molar-refractivity contribution < 1.29 is 46.3 Å². The van der Waals surface area contributed by atoms with E-state index in [2.05, 4.69) is 27.3 Å². The minimum atomic E-state index is -4.42. The molecule has 3 fully saturated rings. The highest BCUT2D eigenvalue weighted by atomic mass is 32.2. The topological polar surface area (TPSA) is 193 Å². The van der Waals surface area contributed by atoms with E-state index in [0.717, 1.165) is 51.4 Å². The normalized spacial score (nSPS) is 27.9. The largest absolute Gasteiger partial charge is 0.446 e. The highest BCUT2D eigenvalue weighted by Crippen LogP contribution is 2.45. The number of carbonyl (C=O) groups excluding carboxylic acids is 5. The summed E-state index contributed by atoms with van der Waals surface area (Å²) in [6.07, 6.45) is 5.79. The third kappa shape index (κ3) is 8.93. The zero-order valence-corrected chi connectivity index (χ0v) is 33.2. The molecular formula is C41H51FN6O9S. The van der Waals surface area contributed by atoms with Gasteiger partial charge in [-0.15, -0.1) is 6.58 Å². The fourth-order valence-corrected chi connectivity index (χ4v) is 9.80. The maximum Gasteiger partial charge on any atom is 0.410 e. The molecule has 312 valence electrons. The number of nitrogens with one attached hydrogen (secondary N) is 4. The second-order valence-electron chi connectivity index (χ2n) is 15.9. The van der Waals surface area contributed by atoms with Gasteiger partial charge in [0.15, 0.2) is 0 Å². The number of fused-ring (bicyclic) bond motifs is 3. The molecule has 0 bridgehead atoms. The molecule has 5 aliphatic rings. The summed E-state index contributed by atoms with van der Waals surface area (Å²) in [5, 5.41) is 8.67. The molecule has 58 heavy (non-hydrogen) atoms. The smallest absolute Gasteiger partial charge is 0.410 e. The van der Waals surface area contributed by atoms with Crippen LogP contribution in [0, 0.1) is 11.7 Å². The maximum absolute atomic E-state index is 14.6. The zero-order chi connectivity index (χ0) is 41.0. The fraction of sp³-hybridized carbons (Fsp3) is 0.537. The summed E-state index contributed by atoms with van der Waals surface area (Å²) >= 11 is 0. The lowest BCUT2D eigenvalue weighted by atomic mass is 10.0. The molecule has 3 aliphatic heterocycles. The van der Waals surface area contributed by atoms with E-state index in [-0.39, 0.29) is 49.9 Å². The van der Waals surface area contributed by atoms with Gasteiger partial charge in [-0.1, -0.05) is 56.0 Å². The Morgan fingerprint density at radius 2 is 1.66 bits per heavy atom. The number of hydrogen-bond donors (Lipinski definition) is 4. The number of rotatable bonds is 4. The molecule has 5 atom stereocenters. The highest BCUT2D eigenvalue weighted by Gasteiger charge is 2.61. The molecular weight excluding hydrogens is 772 g/mol. The molecule has 1 spiro atoms. The number of nitrogens with zero attached hydrogens (tertiary/aromatic N) is 2. The number of sulfonamides is 1. The van der Waals surface area contributed by atoms with Gasteiger partial charge in [-0.05, 0) is 68.7 Å². The van der Waals surface area contributed by atoms with Crippen molar-refractivity contribution in [2.24, 2.45) is 5.92 Å². The predicted octanol–water partition coefficient (Wildman–Crippen LogP) is 4.62. The van der Waals surface area contributed by atoms with Gasteiger partial charge < -0.3 is 30.3 Å². The summed E-state index contributed by atoms with van der Waals surface area (Å²) < 4.78 is 55.6. The number of benzene rings is 2. The second-order valence-corrected chi connectivity index (χ2v) is 17.6. The van der Waals surface area contributed by atoms with E-state index in [4.69, 9.17) is 9.47 Å². The van der Waals surface area contributed by atoms with Crippen molar-refractivity contribution in [1.29, 1.82) is 0 Å². The van der Waals surface area contributed by atoms with E-state index < -0.39 is 75.4 Å². The first-order chi connectivity index (χ1) is 27.9. The number of halogens is 1. The third-order valence-electron chi connectivity index (χ3n) is 11.9. The van der Waals surface area contributed by atoms with Crippen LogP contribution in [0.4, 0.5) is 19.7 Å². The third-order valence-corrected chi connectivity index (χ3v) is 13.3. The lowest BCUT2D eigenvalue weighted by molar-refractivity contribution is -0.141. The first-order valence-electron chi connectivity index (χ1n) is 20.2. The monoisotopic (exact) mass is 822 g/mol. The first-order valence-corrected chi connectivity index (χ1v) is 21.7. The van der Waals surface area contributed by atoms with Crippen molar-refractivity contribution >= 4 is 45.6 Å². The lowest BCUT2D eigenvalue weighted by Crippen LogP contribution is -2.58. The van der Waals surface area contributed by atoms with Crippen molar-refractivity contribution in [2.75, 3.05) is 18.4 Å². The van der Waals surface area contributed by atoms with E-state index in [1.165, 1.54) is 28.0 Å². The number of hydrogen-bond acceptors (Lipinski definition) is 10. The summed E-state index contributed by atoms with van der Waals surface area (Å²) in [4.78, 5) is 72.0. The molecule has 2 aromatic rings. The van der Waals surface area contributed by atoms with Gasteiger partial charge >= 0.3 is 12.2 Å². The Balaban J connectivity index is 1.16. The molecule has 5 amide bonds. The molecule has 7 rings (SSSR count). The Bertz CT molecular complexity index is 2040. The SMILES string of the molecule is C=C[C@@H]1C[C@@]12NC(=O)[C@@H]1C[C@@H](OC(=O)N3Cc4cccc(F)c4C3)CN1C(=O)[C@@H](NC(=O)OC1CCCC1)CCCCCCCNc1ccccc1S(=O)(=O)NC2=O. The molecule has 15 nitrogen and oxygen atoms in total. The number of para-hydroxylation sites is 1. The zero-order valence-electron chi connectivity index (χ0n) is 32.4. The predicted molar refractivity (Wildman–Crippen MR) is 209 cm³/mol. The van der Waals surface area contributed by atoms with Gasteiger partial charge in [-0.3, -0.25) is 19.3 Å². The quantitative estimate of drug-likeness (QED) is 0.317. The van der Waals surface area contributed by atoms with Gasteiger partial charge in [0.1, 0.15) is 40.5 Å². The molecule has 2 aromatic carbocycles. The Kier molecular flexibility index (Phi) is 12.3. The van der Waals surface area contributed by atoms with Crippen LogP contribution in [0.5, 0.6) is 0 Å². The molecule has 2 saturated carbocycles. The number of carbonyl (C=O) groups is 5. The van der Waals surface area contributed by atoms with Crippen molar-refractivity contribution in [3.63, 3.8) is 0 Å². The van der Waals surface area contributed by atoms with Crippen molar-refractivity contribution in [1.82, 2.24) is 25.2 Å². The van der Waals surface area contributed by atoms with Crippen LogP contribution in [-0.2, 0) is 47.0 Å².